The van der Waals surface area contributed by atoms with Crippen LogP contribution in [0.25, 0.3) is 0 Å². The Morgan fingerprint density at radius 3 is 2.59 bits per heavy atom. The summed E-state index contributed by atoms with van der Waals surface area (Å²) >= 11 is 0. The molecule has 6 nitrogen and oxygen atoms in total. The zero-order chi connectivity index (χ0) is 18.9. The number of hydrogen-bond donors (Lipinski definition) is 1. The molecule has 0 aromatic heterocycles. The minimum atomic E-state index is -0.195. The molecule has 0 aliphatic carbocycles. The van der Waals surface area contributed by atoms with Gasteiger partial charge in [-0.05, 0) is 50.4 Å². The van der Waals surface area contributed by atoms with Crippen LogP contribution in [0.1, 0.15) is 44.1 Å². The van der Waals surface area contributed by atoms with Crippen molar-refractivity contribution >= 4 is 11.6 Å². The topological polar surface area (TPSA) is 64.6 Å². The molecule has 1 amide bonds. The van der Waals surface area contributed by atoms with Gasteiger partial charge in [0.25, 0.3) is 0 Å². The number of hydroxylamine groups is 3. The summed E-state index contributed by atoms with van der Waals surface area (Å²) < 4.78 is 5.18. The number of carbonyl (C=O) groups is 1. The average molecular weight is 373 g/mol. The Hall–Kier alpha value is -1.47. The number of para-hydroxylation sites is 1. The molecule has 27 heavy (non-hydrogen) atoms. The van der Waals surface area contributed by atoms with Gasteiger partial charge in [-0.3, -0.25) is 9.69 Å². The van der Waals surface area contributed by atoms with Crippen molar-refractivity contribution in [3.8, 4) is 0 Å². The minimum absolute atomic E-state index is 0.00635. The lowest BCUT2D eigenvalue weighted by atomic mass is 9.80. The quantitative estimate of drug-likeness (QED) is 0.637. The van der Waals surface area contributed by atoms with E-state index in [2.05, 4.69) is 16.3 Å². The van der Waals surface area contributed by atoms with Gasteiger partial charge < -0.3 is 19.9 Å². The van der Waals surface area contributed by atoms with Gasteiger partial charge in [0.15, 0.2) is 6.73 Å². The van der Waals surface area contributed by atoms with Crippen molar-refractivity contribution in [1.29, 1.82) is 0 Å². The molecule has 2 fully saturated rings. The number of likely N-dealkylation sites (tertiary alicyclic amines) is 2. The highest BCUT2D eigenvalue weighted by molar-refractivity contribution is 6.03. The summed E-state index contributed by atoms with van der Waals surface area (Å²) in [7, 11) is 0. The summed E-state index contributed by atoms with van der Waals surface area (Å²) in [5.41, 5.74) is 2.16. The fourth-order valence-electron chi connectivity index (χ4n) is 5.10. The molecule has 1 atom stereocenters. The standard InChI is InChI=1S/C21H31N3O3/c1-2-27-15-24(26)13-9-17(10-14-24)23-11-7-16(8-12-23)20-18-5-3-4-6-19(18)22-21(20)25/h3-6,16-17,20H,2,7-15H2,1H3,(H,22,25). The van der Waals surface area contributed by atoms with E-state index in [9.17, 15) is 10.0 Å². The van der Waals surface area contributed by atoms with E-state index in [4.69, 9.17) is 4.74 Å². The van der Waals surface area contributed by atoms with Crippen LogP contribution in [-0.2, 0) is 9.53 Å². The highest BCUT2D eigenvalue weighted by atomic mass is 16.6. The molecule has 0 saturated carbocycles. The fourth-order valence-corrected chi connectivity index (χ4v) is 5.10. The molecule has 4 rings (SSSR count). The molecule has 1 N–H and O–H groups in total. The van der Waals surface area contributed by atoms with Crippen LogP contribution in [0.2, 0.25) is 0 Å². The van der Waals surface area contributed by atoms with Gasteiger partial charge in [-0.15, -0.1) is 0 Å². The zero-order valence-electron chi connectivity index (χ0n) is 16.2. The van der Waals surface area contributed by atoms with Crippen LogP contribution in [-0.4, -0.2) is 61.0 Å². The molecule has 3 aliphatic rings. The normalized spacial score (nSPS) is 32.3. The second kappa shape index (κ2) is 7.87. The van der Waals surface area contributed by atoms with Gasteiger partial charge >= 0.3 is 0 Å². The molecule has 3 heterocycles. The van der Waals surface area contributed by atoms with E-state index >= 15 is 0 Å². The molecule has 0 radical (unpaired) electrons. The summed E-state index contributed by atoms with van der Waals surface area (Å²) in [5, 5.41) is 15.7. The number of hydrogen-bond acceptors (Lipinski definition) is 4. The van der Waals surface area contributed by atoms with E-state index in [-0.39, 0.29) is 16.5 Å². The SMILES string of the molecule is CCOC[N+]1([O-])CCC(N2CCC(C3C(=O)Nc4ccccc43)CC2)CC1. The van der Waals surface area contributed by atoms with Crippen LogP contribution in [0.15, 0.2) is 24.3 Å². The van der Waals surface area contributed by atoms with E-state index in [0.29, 0.717) is 38.4 Å². The zero-order valence-corrected chi connectivity index (χ0v) is 16.2. The molecule has 148 valence electrons. The molecule has 1 aromatic carbocycles. The maximum atomic E-state index is 12.6. The number of benzene rings is 1. The van der Waals surface area contributed by atoms with Crippen LogP contribution in [0.5, 0.6) is 0 Å². The van der Waals surface area contributed by atoms with Crippen molar-refractivity contribution in [2.45, 2.75) is 44.6 Å². The number of rotatable bonds is 5. The lowest BCUT2D eigenvalue weighted by molar-refractivity contribution is -0.905. The Morgan fingerprint density at radius 2 is 1.89 bits per heavy atom. The Morgan fingerprint density at radius 1 is 1.19 bits per heavy atom. The molecule has 1 unspecified atom stereocenters. The van der Waals surface area contributed by atoms with Gasteiger partial charge in [-0.1, -0.05) is 18.2 Å². The Balaban J connectivity index is 1.31. The lowest BCUT2D eigenvalue weighted by Crippen LogP contribution is -2.55. The third kappa shape index (κ3) is 3.90. The number of piperidine rings is 2. The van der Waals surface area contributed by atoms with Crippen LogP contribution in [0, 0.1) is 11.1 Å². The van der Waals surface area contributed by atoms with Crippen molar-refractivity contribution in [1.82, 2.24) is 4.90 Å². The lowest BCUT2D eigenvalue weighted by Gasteiger charge is -2.49. The van der Waals surface area contributed by atoms with Crippen molar-refractivity contribution in [2.75, 3.05) is 44.8 Å². The van der Waals surface area contributed by atoms with Crippen LogP contribution < -0.4 is 5.32 Å². The van der Waals surface area contributed by atoms with Crippen molar-refractivity contribution in [2.24, 2.45) is 5.92 Å². The van der Waals surface area contributed by atoms with Gasteiger partial charge in [0.2, 0.25) is 5.91 Å². The summed E-state index contributed by atoms with van der Waals surface area (Å²) in [6.07, 6.45) is 4.01. The third-order valence-corrected chi connectivity index (χ3v) is 6.67. The number of nitrogens with zero attached hydrogens (tertiary/aromatic N) is 2. The van der Waals surface area contributed by atoms with Gasteiger partial charge in [0.1, 0.15) is 0 Å². The van der Waals surface area contributed by atoms with E-state index in [0.717, 1.165) is 44.5 Å². The van der Waals surface area contributed by atoms with Crippen LogP contribution in [0.4, 0.5) is 5.69 Å². The number of nitrogens with one attached hydrogen (secondary N) is 1. The molecule has 2 saturated heterocycles. The fraction of sp³-hybridized carbons (Fsp3) is 0.667. The van der Waals surface area contributed by atoms with Gasteiger partial charge in [0.05, 0.1) is 19.0 Å². The monoisotopic (exact) mass is 373 g/mol. The van der Waals surface area contributed by atoms with Crippen molar-refractivity contribution in [3.05, 3.63) is 35.0 Å². The molecular formula is C21H31N3O3. The molecule has 6 heteroatoms. The molecule has 3 aliphatic heterocycles. The van der Waals surface area contributed by atoms with Gasteiger partial charge in [-0.25, -0.2) is 0 Å². The smallest absolute Gasteiger partial charge is 0.232 e. The second-order valence-corrected chi connectivity index (χ2v) is 8.29. The van der Waals surface area contributed by atoms with Crippen LogP contribution >= 0.6 is 0 Å². The Bertz CT molecular complexity index is 664. The number of anilines is 1. The number of fused-ring (bicyclic) bond motifs is 1. The highest BCUT2D eigenvalue weighted by Crippen LogP contribution is 2.41. The number of quaternary nitrogens is 1. The van der Waals surface area contributed by atoms with Gasteiger partial charge in [-0.2, -0.15) is 0 Å². The summed E-state index contributed by atoms with van der Waals surface area (Å²) in [4.78, 5) is 15.1. The van der Waals surface area contributed by atoms with Crippen molar-refractivity contribution in [3.63, 3.8) is 0 Å². The number of carbonyl (C=O) groups excluding carboxylic acids is 1. The summed E-state index contributed by atoms with van der Waals surface area (Å²) in [5.74, 6) is 0.587. The van der Waals surface area contributed by atoms with E-state index in [1.807, 2.05) is 25.1 Å². The number of ether oxygens (including phenoxy) is 1. The summed E-state index contributed by atoms with van der Waals surface area (Å²) in [6.45, 7) is 6.22. The largest absolute Gasteiger partial charge is 0.631 e. The molecule has 0 spiro atoms. The molecule has 1 aromatic rings. The minimum Gasteiger partial charge on any atom is -0.631 e. The predicted molar refractivity (Wildman–Crippen MR) is 105 cm³/mol. The molecule has 0 bridgehead atoms. The maximum Gasteiger partial charge on any atom is 0.232 e. The maximum absolute atomic E-state index is 12.6. The first kappa shape index (κ1) is 18.9. The Labute approximate surface area is 161 Å². The molecular weight excluding hydrogens is 342 g/mol. The second-order valence-electron chi connectivity index (χ2n) is 8.29. The average Bonchev–Trinajstić information content (AvgIpc) is 3.03. The first-order valence-electron chi connectivity index (χ1n) is 10.4. The Kier molecular flexibility index (Phi) is 5.50. The first-order chi connectivity index (χ1) is 13.1. The first-order valence-corrected chi connectivity index (χ1v) is 10.4. The summed E-state index contributed by atoms with van der Waals surface area (Å²) in [6, 6.07) is 8.61. The highest BCUT2D eigenvalue weighted by Gasteiger charge is 2.39. The third-order valence-electron chi connectivity index (χ3n) is 6.67. The van der Waals surface area contributed by atoms with Crippen LogP contribution in [0.3, 0.4) is 0 Å². The van der Waals surface area contributed by atoms with E-state index in [1.165, 1.54) is 5.56 Å². The van der Waals surface area contributed by atoms with Gasteiger partial charge in [0, 0.05) is 31.2 Å². The number of amides is 1. The van der Waals surface area contributed by atoms with Crippen molar-refractivity contribution < 1.29 is 14.2 Å². The predicted octanol–water partition coefficient (Wildman–Crippen LogP) is 2.91. The van der Waals surface area contributed by atoms with E-state index < -0.39 is 0 Å². The van der Waals surface area contributed by atoms with E-state index in [1.54, 1.807) is 0 Å².